The fourth-order valence-electron chi connectivity index (χ4n) is 1.40. The van der Waals surface area contributed by atoms with E-state index >= 15 is 0 Å². The summed E-state index contributed by atoms with van der Waals surface area (Å²) in [6.07, 6.45) is -0.0966. The van der Waals surface area contributed by atoms with E-state index in [2.05, 4.69) is 11.4 Å². The summed E-state index contributed by atoms with van der Waals surface area (Å²) >= 11 is 0. The average molecular weight is 238 g/mol. The number of rotatable bonds is 6. The summed E-state index contributed by atoms with van der Waals surface area (Å²) in [4.78, 5) is 0. The van der Waals surface area contributed by atoms with Gasteiger partial charge in [-0.15, -0.1) is 0 Å². The third-order valence-electron chi connectivity index (χ3n) is 2.28. The third-order valence-corrected chi connectivity index (χ3v) is 2.28. The number of ether oxygens (including phenoxy) is 2. The molecule has 1 atom stereocenters. The van der Waals surface area contributed by atoms with Gasteiger partial charge in [0.05, 0.1) is 6.07 Å². The lowest BCUT2D eigenvalue weighted by molar-refractivity contribution is -0.106. The molecule has 0 amide bonds. The number of halogens is 1. The van der Waals surface area contributed by atoms with E-state index in [0.717, 1.165) is 0 Å². The van der Waals surface area contributed by atoms with Crippen molar-refractivity contribution in [3.8, 4) is 6.07 Å². The first-order valence-corrected chi connectivity index (χ1v) is 5.17. The largest absolute Gasteiger partial charge is 0.370 e. The van der Waals surface area contributed by atoms with Crippen LogP contribution in [0.1, 0.15) is 6.42 Å². The molecule has 1 rings (SSSR count). The number of methoxy groups -OCH3 is 2. The number of nitrogens with zero attached hydrogens (tertiary/aromatic N) is 1. The van der Waals surface area contributed by atoms with Crippen LogP contribution >= 0.6 is 0 Å². The summed E-state index contributed by atoms with van der Waals surface area (Å²) in [5.41, 5.74) is 0.558. The Labute approximate surface area is 100.0 Å². The quantitative estimate of drug-likeness (QED) is 0.771. The molecule has 0 bridgehead atoms. The molecule has 0 aliphatic carbocycles. The Hall–Kier alpha value is -1.64. The summed E-state index contributed by atoms with van der Waals surface area (Å²) in [6.45, 7) is 0. The van der Waals surface area contributed by atoms with E-state index in [9.17, 15) is 4.39 Å². The van der Waals surface area contributed by atoms with Crippen molar-refractivity contribution in [2.24, 2.45) is 0 Å². The normalized spacial score (nSPS) is 12.2. The number of nitriles is 1. The van der Waals surface area contributed by atoms with Crippen LogP contribution in [0.5, 0.6) is 0 Å². The van der Waals surface area contributed by atoms with E-state index in [4.69, 9.17) is 14.7 Å². The van der Waals surface area contributed by atoms with Gasteiger partial charge in [0.2, 0.25) is 0 Å². The number of anilines is 1. The van der Waals surface area contributed by atoms with Crippen molar-refractivity contribution in [3.05, 3.63) is 30.1 Å². The zero-order valence-electron chi connectivity index (χ0n) is 9.81. The molecule has 0 aliphatic rings. The fraction of sp³-hybridized carbons (Fsp3) is 0.417. The predicted molar refractivity (Wildman–Crippen MR) is 61.8 cm³/mol. The molecule has 0 heterocycles. The summed E-state index contributed by atoms with van der Waals surface area (Å²) < 4.78 is 23.0. The highest BCUT2D eigenvalue weighted by molar-refractivity contribution is 5.45. The maximum Gasteiger partial charge on any atom is 0.159 e. The Morgan fingerprint density at radius 3 is 2.65 bits per heavy atom. The molecule has 1 aromatic rings. The van der Waals surface area contributed by atoms with Crippen molar-refractivity contribution in [3.63, 3.8) is 0 Å². The van der Waals surface area contributed by atoms with Gasteiger partial charge in [0, 0.05) is 26.3 Å². The minimum absolute atomic E-state index is 0.346. The van der Waals surface area contributed by atoms with Gasteiger partial charge in [-0.2, -0.15) is 5.26 Å². The van der Waals surface area contributed by atoms with Gasteiger partial charge in [-0.05, 0) is 18.2 Å². The van der Waals surface area contributed by atoms with Crippen LogP contribution in [0.25, 0.3) is 0 Å². The molecule has 0 aliphatic heterocycles. The standard InChI is InChI=1S/C12H15FN2O2/c1-16-12(17-2)7-11(8-14)15-10-5-3-4-9(13)6-10/h3-6,11-12,15H,7H2,1-2H3. The Balaban J connectivity index is 2.61. The number of nitrogens with one attached hydrogen (secondary N) is 1. The molecular weight excluding hydrogens is 223 g/mol. The van der Waals surface area contributed by atoms with Gasteiger partial charge >= 0.3 is 0 Å². The Bertz CT molecular complexity index is 388. The highest BCUT2D eigenvalue weighted by Crippen LogP contribution is 2.13. The number of hydrogen-bond acceptors (Lipinski definition) is 4. The molecule has 4 nitrogen and oxygen atoms in total. The zero-order valence-corrected chi connectivity index (χ0v) is 9.81. The van der Waals surface area contributed by atoms with Gasteiger partial charge in [0.25, 0.3) is 0 Å². The molecule has 1 N–H and O–H groups in total. The minimum atomic E-state index is -0.498. The third kappa shape index (κ3) is 4.39. The van der Waals surface area contributed by atoms with Crippen molar-refractivity contribution in [2.75, 3.05) is 19.5 Å². The van der Waals surface area contributed by atoms with Crippen molar-refractivity contribution in [1.29, 1.82) is 5.26 Å². The van der Waals surface area contributed by atoms with Gasteiger partial charge in [-0.3, -0.25) is 0 Å². The summed E-state index contributed by atoms with van der Waals surface area (Å²) in [5.74, 6) is -0.346. The van der Waals surface area contributed by atoms with Crippen LogP contribution in [-0.4, -0.2) is 26.6 Å². The molecule has 0 spiro atoms. The predicted octanol–water partition coefficient (Wildman–Crippen LogP) is 2.14. The molecule has 0 saturated carbocycles. The lowest BCUT2D eigenvalue weighted by Crippen LogP contribution is -2.26. The molecular formula is C12H15FN2O2. The first-order valence-electron chi connectivity index (χ1n) is 5.17. The zero-order chi connectivity index (χ0) is 12.7. The van der Waals surface area contributed by atoms with Crippen molar-refractivity contribution >= 4 is 5.69 Å². The van der Waals surface area contributed by atoms with Crippen LogP contribution < -0.4 is 5.32 Å². The highest BCUT2D eigenvalue weighted by atomic mass is 19.1. The van der Waals surface area contributed by atoms with Gasteiger partial charge in [-0.25, -0.2) is 4.39 Å². The molecule has 17 heavy (non-hydrogen) atoms. The monoisotopic (exact) mass is 238 g/mol. The van der Waals surface area contributed by atoms with E-state index in [1.807, 2.05) is 0 Å². The molecule has 92 valence electrons. The smallest absolute Gasteiger partial charge is 0.159 e. The van der Waals surface area contributed by atoms with Crippen molar-refractivity contribution < 1.29 is 13.9 Å². The van der Waals surface area contributed by atoms with E-state index in [0.29, 0.717) is 12.1 Å². The van der Waals surface area contributed by atoms with Crippen LogP contribution in [0.2, 0.25) is 0 Å². The van der Waals surface area contributed by atoms with Crippen LogP contribution in [0, 0.1) is 17.1 Å². The van der Waals surface area contributed by atoms with Crippen LogP contribution in [0.15, 0.2) is 24.3 Å². The van der Waals surface area contributed by atoms with Crippen LogP contribution in [0.3, 0.4) is 0 Å². The minimum Gasteiger partial charge on any atom is -0.370 e. The van der Waals surface area contributed by atoms with Crippen molar-refractivity contribution in [2.45, 2.75) is 18.8 Å². The van der Waals surface area contributed by atoms with Gasteiger partial charge in [-0.1, -0.05) is 6.07 Å². The molecule has 1 aromatic carbocycles. The summed E-state index contributed by atoms with van der Waals surface area (Å²) in [6, 6.07) is 7.53. The summed E-state index contributed by atoms with van der Waals surface area (Å²) in [5, 5.41) is 11.9. The first-order chi connectivity index (χ1) is 8.19. The maximum atomic E-state index is 12.9. The number of benzene rings is 1. The summed E-state index contributed by atoms with van der Waals surface area (Å²) in [7, 11) is 3.01. The lowest BCUT2D eigenvalue weighted by atomic mass is 10.2. The molecule has 5 heteroatoms. The topological polar surface area (TPSA) is 54.3 Å². The first kappa shape index (κ1) is 13.4. The van der Waals surface area contributed by atoms with Crippen molar-refractivity contribution in [1.82, 2.24) is 0 Å². The molecule has 0 radical (unpaired) electrons. The second-order valence-electron chi connectivity index (χ2n) is 3.47. The van der Waals surface area contributed by atoms with E-state index in [1.54, 1.807) is 12.1 Å². The van der Waals surface area contributed by atoms with Gasteiger partial charge in [0.15, 0.2) is 6.29 Å². The number of hydrogen-bond donors (Lipinski definition) is 1. The van der Waals surface area contributed by atoms with Crippen LogP contribution in [0.4, 0.5) is 10.1 Å². The maximum absolute atomic E-state index is 12.9. The lowest BCUT2D eigenvalue weighted by Gasteiger charge is -2.18. The Morgan fingerprint density at radius 1 is 1.41 bits per heavy atom. The molecule has 0 fully saturated rings. The SMILES string of the molecule is COC(CC(C#N)Nc1cccc(F)c1)OC. The molecule has 0 saturated heterocycles. The van der Waals surface area contributed by atoms with Gasteiger partial charge < -0.3 is 14.8 Å². The van der Waals surface area contributed by atoms with E-state index < -0.39 is 12.3 Å². The Morgan fingerprint density at radius 2 is 2.12 bits per heavy atom. The Kier molecular flexibility index (Phi) is 5.40. The second-order valence-corrected chi connectivity index (χ2v) is 3.47. The highest BCUT2D eigenvalue weighted by Gasteiger charge is 2.15. The molecule has 1 unspecified atom stereocenters. The average Bonchev–Trinajstić information content (AvgIpc) is 2.34. The second kappa shape index (κ2) is 6.84. The van der Waals surface area contributed by atoms with E-state index in [1.165, 1.54) is 26.4 Å². The van der Waals surface area contributed by atoms with E-state index in [-0.39, 0.29) is 5.82 Å². The van der Waals surface area contributed by atoms with Gasteiger partial charge in [0.1, 0.15) is 11.9 Å². The fourth-order valence-corrected chi connectivity index (χ4v) is 1.40. The van der Waals surface area contributed by atoms with Crippen LogP contribution in [-0.2, 0) is 9.47 Å². The molecule has 0 aromatic heterocycles.